The van der Waals surface area contributed by atoms with Gasteiger partial charge in [0.1, 0.15) is 12.4 Å². The van der Waals surface area contributed by atoms with Crippen LogP contribution in [0, 0.1) is 0 Å². The highest BCUT2D eigenvalue weighted by Gasteiger charge is 2.00. The summed E-state index contributed by atoms with van der Waals surface area (Å²) in [4.78, 5) is 4.03. The molecule has 0 aliphatic heterocycles. The molecule has 0 aliphatic carbocycles. The third-order valence-corrected chi connectivity index (χ3v) is 2.53. The van der Waals surface area contributed by atoms with E-state index in [1.165, 1.54) is 5.56 Å². The van der Waals surface area contributed by atoms with Crippen LogP contribution in [-0.4, -0.2) is 21.3 Å². The minimum Gasteiger partial charge on any atom is -0.388 e. The molecule has 0 radical (unpaired) electrons. The molecule has 0 amide bonds. The van der Waals surface area contributed by atoms with Gasteiger partial charge in [0.2, 0.25) is 0 Å². The summed E-state index contributed by atoms with van der Waals surface area (Å²) in [7, 11) is 0. The molecule has 2 aromatic rings. The van der Waals surface area contributed by atoms with Crippen LogP contribution in [0.4, 0.5) is 0 Å². The Morgan fingerprint density at radius 3 is 2.82 bits per heavy atom. The molecule has 0 bridgehead atoms. The van der Waals surface area contributed by atoms with Crippen LogP contribution >= 0.6 is 0 Å². The van der Waals surface area contributed by atoms with Crippen LogP contribution in [0.3, 0.4) is 0 Å². The number of hydrogen-bond acceptors (Lipinski definition) is 3. The van der Waals surface area contributed by atoms with E-state index in [1.807, 2.05) is 41.1 Å². The number of aliphatic hydroxyl groups excluding tert-OH is 1. The smallest absolute Gasteiger partial charge is 0.134 e. The van der Waals surface area contributed by atoms with Gasteiger partial charge in [0.15, 0.2) is 0 Å². The van der Waals surface area contributed by atoms with Crippen molar-refractivity contribution in [1.82, 2.24) is 9.55 Å². The molecule has 1 aromatic heterocycles. The van der Waals surface area contributed by atoms with Crippen molar-refractivity contribution in [3.8, 4) is 0 Å². The van der Waals surface area contributed by atoms with Gasteiger partial charge in [-0.2, -0.15) is 0 Å². The van der Waals surface area contributed by atoms with Crippen molar-refractivity contribution in [3.63, 3.8) is 0 Å². The van der Waals surface area contributed by atoms with Crippen LogP contribution in [0.5, 0.6) is 0 Å². The van der Waals surface area contributed by atoms with E-state index >= 15 is 0 Å². The van der Waals surface area contributed by atoms with Gasteiger partial charge in [-0.25, -0.2) is 4.98 Å². The second-order valence-corrected chi connectivity index (χ2v) is 3.73. The lowest BCUT2D eigenvalue weighted by Crippen LogP contribution is -2.08. The van der Waals surface area contributed by atoms with Crippen molar-refractivity contribution < 1.29 is 9.84 Å². The Morgan fingerprint density at radius 1 is 1.24 bits per heavy atom. The van der Waals surface area contributed by atoms with E-state index in [9.17, 15) is 0 Å². The zero-order chi connectivity index (χ0) is 11.9. The number of ether oxygens (including phenoxy) is 1. The molecule has 0 atom stereocenters. The predicted molar refractivity (Wildman–Crippen MR) is 64.2 cm³/mol. The minimum absolute atomic E-state index is 0.0360. The third-order valence-electron chi connectivity index (χ3n) is 2.53. The second kappa shape index (κ2) is 6.18. The van der Waals surface area contributed by atoms with E-state index in [-0.39, 0.29) is 6.61 Å². The van der Waals surface area contributed by atoms with Crippen LogP contribution in [-0.2, 0) is 24.5 Å². The fourth-order valence-electron chi connectivity index (χ4n) is 1.62. The van der Waals surface area contributed by atoms with Crippen molar-refractivity contribution in [2.75, 3.05) is 6.61 Å². The SMILES string of the molecule is OCc1nccn1CCOCc1ccccc1. The van der Waals surface area contributed by atoms with E-state index in [2.05, 4.69) is 4.98 Å². The lowest BCUT2D eigenvalue weighted by molar-refractivity contribution is 0.111. The van der Waals surface area contributed by atoms with Crippen LogP contribution in [0.25, 0.3) is 0 Å². The highest BCUT2D eigenvalue weighted by molar-refractivity contribution is 5.13. The first-order valence-corrected chi connectivity index (χ1v) is 5.62. The number of nitrogens with zero attached hydrogens (tertiary/aromatic N) is 2. The number of benzene rings is 1. The molecule has 2 rings (SSSR count). The molecule has 4 heteroatoms. The van der Waals surface area contributed by atoms with Crippen molar-refractivity contribution in [3.05, 3.63) is 54.1 Å². The zero-order valence-electron chi connectivity index (χ0n) is 9.62. The van der Waals surface area contributed by atoms with Gasteiger partial charge < -0.3 is 14.4 Å². The van der Waals surface area contributed by atoms with Crippen LogP contribution in [0.2, 0.25) is 0 Å². The summed E-state index contributed by atoms with van der Waals surface area (Å²) >= 11 is 0. The summed E-state index contributed by atoms with van der Waals surface area (Å²) in [5.41, 5.74) is 1.17. The van der Waals surface area contributed by atoms with Gasteiger partial charge in [-0.05, 0) is 5.56 Å². The molecule has 1 N–H and O–H groups in total. The van der Waals surface area contributed by atoms with Gasteiger partial charge in [-0.1, -0.05) is 30.3 Å². The Morgan fingerprint density at radius 2 is 2.06 bits per heavy atom. The van der Waals surface area contributed by atoms with E-state index in [0.717, 1.165) is 0 Å². The zero-order valence-corrected chi connectivity index (χ0v) is 9.62. The van der Waals surface area contributed by atoms with Crippen LogP contribution < -0.4 is 0 Å². The van der Waals surface area contributed by atoms with Gasteiger partial charge >= 0.3 is 0 Å². The molecule has 1 heterocycles. The highest BCUT2D eigenvalue weighted by atomic mass is 16.5. The van der Waals surface area contributed by atoms with Gasteiger partial charge in [-0.15, -0.1) is 0 Å². The number of aromatic nitrogens is 2. The fourth-order valence-corrected chi connectivity index (χ4v) is 1.62. The molecule has 0 fully saturated rings. The highest BCUT2D eigenvalue weighted by Crippen LogP contribution is 2.01. The Labute approximate surface area is 100 Å². The Bertz CT molecular complexity index is 440. The molecule has 0 unspecified atom stereocenters. The minimum atomic E-state index is -0.0360. The molecular formula is C13H16N2O2. The maximum absolute atomic E-state index is 9.02. The molecule has 90 valence electrons. The van der Waals surface area contributed by atoms with E-state index < -0.39 is 0 Å². The summed E-state index contributed by atoms with van der Waals surface area (Å²) in [6, 6.07) is 10.1. The molecule has 0 spiro atoms. The molecule has 0 saturated heterocycles. The predicted octanol–water partition coefficient (Wildman–Crippen LogP) is 1.59. The maximum atomic E-state index is 9.02. The largest absolute Gasteiger partial charge is 0.388 e. The van der Waals surface area contributed by atoms with Crippen molar-refractivity contribution in [1.29, 1.82) is 0 Å². The molecule has 1 aromatic carbocycles. The van der Waals surface area contributed by atoms with Crippen molar-refractivity contribution in [2.24, 2.45) is 0 Å². The first kappa shape index (κ1) is 11.8. The lowest BCUT2D eigenvalue weighted by atomic mass is 10.2. The normalized spacial score (nSPS) is 10.6. The summed E-state index contributed by atoms with van der Waals surface area (Å²) in [5.74, 6) is 0.674. The van der Waals surface area contributed by atoms with Crippen molar-refractivity contribution >= 4 is 0 Å². The first-order valence-electron chi connectivity index (χ1n) is 5.62. The number of rotatable bonds is 6. The average molecular weight is 232 g/mol. The quantitative estimate of drug-likeness (QED) is 0.769. The maximum Gasteiger partial charge on any atom is 0.134 e. The number of imidazole rings is 1. The molecule has 0 saturated carbocycles. The standard InChI is InChI=1S/C13H16N2O2/c16-10-13-14-6-7-15(13)8-9-17-11-12-4-2-1-3-5-12/h1-7,16H,8-11H2. The summed E-state index contributed by atoms with van der Waals surface area (Å²) in [5, 5.41) is 9.02. The van der Waals surface area contributed by atoms with E-state index in [0.29, 0.717) is 25.6 Å². The summed E-state index contributed by atoms with van der Waals surface area (Å²) in [6.45, 7) is 1.90. The fraction of sp³-hybridized carbons (Fsp3) is 0.308. The molecular weight excluding hydrogens is 216 g/mol. The van der Waals surface area contributed by atoms with Gasteiger partial charge in [-0.3, -0.25) is 0 Å². The van der Waals surface area contributed by atoms with Crippen LogP contribution in [0.1, 0.15) is 11.4 Å². The third kappa shape index (κ3) is 3.41. The molecule has 4 nitrogen and oxygen atoms in total. The number of aliphatic hydroxyl groups is 1. The average Bonchev–Trinajstić information content (AvgIpc) is 2.83. The monoisotopic (exact) mass is 232 g/mol. The first-order chi connectivity index (χ1) is 8.40. The lowest BCUT2D eigenvalue weighted by Gasteiger charge is -2.07. The summed E-state index contributed by atoms with van der Waals surface area (Å²) in [6.07, 6.45) is 3.53. The Hall–Kier alpha value is -1.65. The topological polar surface area (TPSA) is 47.3 Å². The van der Waals surface area contributed by atoms with Gasteiger partial charge in [0.25, 0.3) is 0 Å². The van der Waals surface area contributed by atoms with E-state index in [4.69, 9.17) is 9.84 Å². The molecule has 17 heavy (non-hydrogen) atoms. The Kier molecular flexibility index (Phi) is 4.30. The van der Waals surface area contributed by atoms with Crippen LogP contribution in [0.15, 0.2) is 42.7 Å². The second-order valence-electron chi connectivity index (χ2n) is 3.73. The van der Waals surface area contributed by atoms with Gasteiger partial charge in [0, 0.05) is 18.9 Å². The number of hydrogen-bond donors (Lipinski definition) is 1. The van der Waals surface area contributed by atoms with Gasteiger partial charge in [0.05, 0.1) is 13.2 Å². The van der Waals surface area contributed by atoms with E-state index in [1.54, 1.807) is 6.20 Å². The summed E-state index contributed by atoms with van der Waals surface area (Å²) < 4.78 is 7.46. The Balaban J connectivity index is 1.73. The molecule has 0 aliphatic rings. The van der Waals surface area contributed by atoms with Crippen molar-refractivity contribution in [2.45, 2.75) is 19.8 Å².